The minimum atomic E-state index is -1.25. The number of aliphatic carboxylic acids is 1. The molecule has 4 rings (SSSR count). The monoisotopic (exact) mass is 394 g/mol. The van der Waals surface area contributed by atoms with Gasteiger partial charge < -0.3 is 20.1 Å². The van der Waals surface area contributed by atoms with Gasteiger partial charge >= 0.3 is 5.97 Å². The van der Waals surface area contributed by atoms with Crippen molar-refractivity contribution in [3.05, 3.63) is 54.1 Å². The molecule has 2 aromatic rings. The molecule has 1 unspecified atom stereocenters. The van der Waals surface area contributed by atoms with Gasteiger partial charge in [0.25, 0.3) is 5.91 Å². The second-order valence-electron chi connectivity index (χ2n) is 6.66. The first-order valence-electron chi connectivity index (χ1n) is 8.99. The number of rotatable bonds is 6. The third-order valence-corrected chi connectivity index (χ3v) is 4.51. The molecule has 1 atom stereocenters. The van der Waals surface area contributed by atoms with Crippen LogP contribution in [0.25, 0.3) is 0 Å². The van der Waals surface area contributed by atoms with Crippen molar-refractivity contribution in [1.82, 2.24) is 10.2 Å². The molecule has 0 saturated carbocycles. The van der Waals surface area contributed by atoms with Gasteiger partial charge in [0, 0.05) is 17.8 Å². The number of aliphatic imine (C=N–C) groups is 1. The number of nitrogens with zero attached hydrogens (tertiary/aromatic N) is 2. The quantitative estimate of drug-likeness (QED) is 0.683. The van der Waals surface area contributed by atoms with Crippen molar-refractivity contribution in [2.75, 3.05) is 11.9 Å². The van der Waals surface area contributed by atoms with E-state index in [1.807, 2.05) is 6.07 Å². The highest BCUT2D eigenvalue weighted by atomic mass is 16.5. The van der Waals surface area contributed by atoms with Gasteiger partial charge in [-0.05, 0) is 18.2 Å². The van der Waals surface area contributed by atoms with Crippen LogP contribution in [0.4, 0.5) is 11.4 Å². The number of ether oxygens (including phenoxy) is 1. The van der Waals surface area contributed by atoms with Gasteiger partial charge in [-0.3, -0.25) is 19.7 Å². The smallest absolute Gasteiger partial charge is 0.307 e. The molecule has 2 aliphatic heterocycles. The van der Waals surface area contributed by atoms with Gasteiger partial charge in [-0.1, -0.05) is 30.3 Å². The minimum absolute atomic E-state index is 0.148. The number of benzene rings is 2. The molecule has 2 heterocycles. The molecule has 0 aliphatic carbocycles. The van der Waals surface area contributed by atoms with Crippen LogP contribution >= 0.6 is 0 Å². The van der Waals surface area contributed by atoms with Crippen molar-refractivity contribution < 1.29 is 24.2 Å². The molecule has 1 saturated heterocycles. The number of hydrogen-bond donors (Lipinski definition) is 3. The normalized spacial score (nSPS) is 15.5. The first-order valence-corrected chi connectivity index (χ1v) is 8.99. The summed E-state index contributed by atoms with van der Waals surface area (Å²) in [7, 11) is 0. The molecule has 1 fully saturated rings. The van der Waals surface area contributed by atoms with Gasteiger partial charge in [0.15, 0.2) is 6.10 Å². The largest absolute Gasteiger partial charge is 0.481 e. The molecule has 9 heteroatoms. The lowest BCUT2D eigenvalue weighted by Crippen LogP contribution is -2.35. The summed E-state index contributed by atoms with van der Waals surface area (Å²) in [5.74, 6) is -1.18. The number of nitrogens with one attached hydrogen (secondary N) is 2. The number of anilines is 1. The molecule has 2 aliphatic rings. The summed E-state index contributed by atoms with van der Waals surface area (Å²) in [6.45, 7) is 0.689. The van der Waals surface area contributed by atoms with E-state index in [1.54, 1.807) is 47.4 Å². The maximum absolute atomic E-state index is 12.6. The van der Waals surface area contributed by atoms with Crippen LogP contribution in [0.15, 0.2) is 53.5 Å². The molecule has 0 aromatic heterocycles. The van der Waals surface area contributed by atoms with Crippen molar-refractivity contribution >= 4 is 35.1 Å². The predicted molar refractivity (Wildman–Crippen MR) is 104 cm³/mol. The molecule has 0 radical (unpaired) electrons. The first-order chi connectivity index (χ1) is 14.0. The van der Waals surface area contributed by atoms with Gasteiger partial charge in [-0.25, -0.2) is 4.99 Å². The fourth-order valence-corrected chi connectivity index (χ4v) is 3.19. The average Bonchev–Trinajstić information content (AvgIpc) is 3.05. The van der Waals surface area contributed by atoms with E-state index in [0.29, 0.717) is 23.9 Å². The zero-order valence-corrected chi connectivity index (χ0v) is 15.3. The molecule has 2 amide bonds. The number of carboxylic acid groups (broad SMARTS) is 1. The number of carbonyl (C=O) groups is 3. The van der Waals surface area contributed by atoms with E-state index < -0.39 is 24.4 Å². The standard InChI is InChI=1S/C20H18N4O5/c25-16-11-24-10-12-5-4-8-14(18(12)23-20(24)22-16)29-15(9-17(26)27)19(28)21-13-6-2-1-3-7-13/h1-8,15H,9-11H2,(H,21,28)(H,26,27)(H,22,23,25). The summed E-state index contributed by atoms with van der Waals surface area (Å²) < 4.78 is 5.80. The second kappa shape index (κ2) is 7.63. The minimum Gasteiger partial charge on any atom is -0.481 e. The summed E-state index contributed by atoms with van der Waals surface area (Å²) in [5, 5.41) is 14.6. The number of fused-ring (bicyclic) bond motifs is 2. The lowest BCUT2D eigenvalue weighted by molar-refractivity contribution is -0.141. The van der Waals surface area contributed by atoms with Crippen LogP contribution in [0, 0.1) is 0 Å². The summed E-state index contributed by atoms with van der Waals surface area (Å²) in [6, 6.07) is 13.9. The van der Waals surface area contributed by atoms with Gasteiger partial charge in [0.05, 0.1) is 6.42 Å². The lowest BCUT2D eigenvalue weighted by Gasteiger charge is -2.25. The molecule has 29 heavy (non-hydrogen) atoms. The van der Waals surface area contributed by atoms with E-state index in [2.05, 4.69) is 15.6 Å². The SMILES string of the molecule is O=C(O)CC(Oc1cccc2c1N=C1NC(=O)CN1C2)C(=O)Nc1ccccc1. The molecule has 0 spiro atoms. The third-order valence-electron chi connectivity index (χ3n) is 4.51. The number of carbonyl (C=O) groups excluding carboxylic acids is 2. The van der Waals surface area contributed by atoms with E-state index in [0.717, 1.165) is 5.56 Å². The first kappa shape index (κ1) is 18.5. The van der Waals surface area contributed by atoms with Gasteiger partial charge in [-0.15, -0.1) is 0 Å². The summed E-state index contributed by atoms with van der Waals surface area (Å²) in [6.07, 6.45) is -1.77. The highest BCUT2D eigenvalue weighted by Gasteiger charge is 2.31. The van der Waals surface area contributed by atoms with Crippen LogP contribution in [0.5, 0.6) is 5.75 Å². The average molecular weight is 394 g/mol. The van der Waals surface area contributed by atoms with Crippen molar-refractivity contribution in [2.24, 2.45) is 4.99 Å². The van der Waals surface area contributed by atoms with E-state index in [4.69, 9.17) is 4.74 Å². The van der Waals surface area contributed by atoms with E-state index in [1.165, 1.54) is 0 Å². The van der Waals surface area contributed by atoms with Crippen LogP contribution in [0.1, 0.15) is 12.0 Å². The van der Waals surface area contributed by atoms with Crippen molar-refractivity contribution in [2.45, 2.75) is 19.1 Å². The molecular weight excluding hydrogens is 376 g/mol. The molecule has 0 bridgehead atoms. The number of hydrogen-bond acceptors (Lipinski definition) is 6. The zero-order valence-electron chi connectivity index (χ0n) is 15.3. The lowest BCUT2D eigenvalue weighted by atomic mass is 10.1. The van der Waals surface area contributed by atoms with E-state index >= 15 is 0 Å². The Hall–Kier alpha value is -3.88. The maximum atomic E-state index is 12.6. The number of amides is 2. The summed E-state index contributed by atoms with van der Waals surface area (Å²) >= 11 is 0. The summed E-state index contributed by atoms with van der Waals surface area (Å²) in [4.78, 5) is 41.8. The molecule has 2 aromatic carbocycles. The topological polar surface area (TPSA) is 120 Å². The van der Waals surface area contributed by atoms with Crippen LogP contribution in [-0.4, -0.2) is 46.4 Å². The Morgan fingerprint density at radius 3 is 2.72 bits per heavy atom. The van der Waals surface area contributed by atoms with Crippen LogP contribution in [0.3, 0.4) is 0 Å². The predicted octanol–water partition coefficient (Wildman–Crippen LogP) is 1.48. The highest BCUT2D eigenvalue weighted by molar-refractivity contribution is 6.06. The van der Waals surface area contributed by atoms with E-state index in [9.17, 15) is 19.5 Å². The Balaban J connectivity index is 1.59. The van der Waals surface area contributed by atoms with Gasteiger partial charge in [0.1, 0.15) is 18.0 Å². The Kier molecular flexibility index (Phi) is 4.86. The van der Waals surface area contributed by atoms with Crippen LogP contribution in [-0.2, 0) is 20.9 Å². The fourth-order valence-electron chi connectivity index (χ4n) is 3.19. The molecular formula is C20H18N4O5. The van der Waals surface area contributed by atoms with Crippen LogP contribution in [0.2, 0.25) is 0 Å². The Bertz CT molecular complexity index is 1010. The summed E-state index contributed by atoms with van der Waals surface area (Å²) in [5.41, 5.74) is 1.83. The number of para-hydroxylation sites is 2. The van der Waals surface area contributed by atoms with Crippen molar-refractivity contribution in [3.8, 4) is 5.75 Å². The van der Waals surface area contributed by atoms with Crippen LogP contribution < -0.4 is 15.4 Å². The fraction of sp³-hybridized carbons (Fsp3) is 0.200. The Morgan fingerprint density at radius 1 is 1.17 bits per heavy atom. The molecule has 9 nitrogen and oxygen atoms in total. The van der Waals surface area contributed by atoms with Gasteiger partial charge in [0.2, 0.25) is 11.9 Å². The van der Waals surface area contributed by atoms with E-state index in [-0.39, 0.29) is 18.2 Å². The Labute approximate surface area is 166 Å². The Morgan fingerprint density at radius 2 is 1.97 bits per heavy atom. The molecule has 148 valence electrons. The van der Waals surface area contributed by atoms with Crippen molar-refractivity contribution in [1.29, 1.82) is 0 Å². The van der Waals surface area contributed by atoms with Gasteiger partial charge in [-0.2, -0.15) is 0 Å². The maximum Gasteiger partial charge on any atom is 0.307 e. The highest BCUT2D eigenvalue weighted by Crippen LogP contribution is 2.36. The second-order valence-corrected chi connectivity index (χ2v) is 6.66. The third kappa shape index (κ3) is 4.03. The zero-order chi connectivity index (χ0) is 20.4. The van der Waals surface area contributed by atoms with Crippen molar-refractivity contribution in [3.63, 3.8) is 0 Å². The number of carboxylic acids is 1. The number of guanidine groups is 1. The molecule has 3 N–H and O–H groups in total.